The Morgan fingerprint density at radius 3 is 2.47 bits per heavy atom. The molecule has 7 nitrogen and oxygen atoms in total. The Morgan fingerprint density at radius 1 is 1.23 bits per heavy atom. The summed E-state index contributed by atoms with van der Waals surface area (Å²) in [5.41, 5.74) is -0.507. The van der Waals surface area contributed by atoms with Crippen LogP contribution in [0.4, 0.5) is 19.1 Å². The van der Waals surface area contributed by atoms with Crippen LogP contribution in [0.25, 0.3) is 0 Å². The van der Waals surface area contributed by atoms with Crippen molar-refractivity contribution in [1.82, 2.24) is 9.97 Å². The zero-order chi connectivity index (χ0) is 21.7. The van der Waals surface area contributed by atoms with Crippen molar-refractivity contribution in [3.05, 3.63) is 47.8 Å². The monoisotopic (exact) mass is 425 g/mol. The number of alkyl halides is 3. The number of hydrogen-bond donors (Lipinski definition) is 1. The largest absolute Gasteiger partial charge is 0.489 e. The molecule has 1 aromatic carbocycles. The summed E-state index contributed by atoms with van der Waals surface area (Å²) in [6, 6.07) is 4.42. The van der Waals surface area contributed by atoms with Gasteiger partial charge in [-0.15, -0.1) is 0 Å². The van der Waals surface area contributed by atoms with Crippen LogP contribution in [-0.4, -0.2) is 52.9 Å². The molecule has 0 amide bonds. The molecule has 0 bridgehead atoms. The third-order valence-electron chi connectivity index (χ3n) is 4.73. The maximum atomic E-state index is 12.7. The molecular formula is C20H22F3N3O4. The molecule has 0 radical (unpaired) electrons. The number of carbonyl (C=O) groups is 1. The molecule has 162 valence electrons. The van der Waals surface area contributed by atoms with Gasteiger partial charge in [0.2, 0.25) is 5.95 Å². The normalized spacial score (nSPS) is 19.0. The van der Waals surface area contributed by atoms with E-state index in [0.717, 1.165) is 12.1 Å². The van der Waals surface area contributed by atoms with Gasteiger partial charge in [-0.1, -0.05) is 0 Å². The summed E-state index contributed by atoms with van der Waals surface area (Å²) in [7, 11) is 0. The number of nitrogens with zero attached hydrogens (tertiary/aromatic N) is 3. The lowest BCUT2D eigenvalue weighted by molar-refractivity contribution is -0.137. The van der Waals surface area contributed by atoms with Crippen molar-refractivity contribution in [3.8, 4) is 5.75 Å². The number of benzene rings is 1. The van der Waals surface area contributed by atoms with Crippen molar-refractivity contribution >= 4 is 11.9 Å². The van der Waals surface area contributed by atoms with Gasteiger partial charge < -0.3 is 19.5 Å². The lowest BCUT2D eigenvalue weighted by atomic mass is 10.1. The minimum atomic E-state index is -4.40. The quantitative estimate of drug-likeness (QED) is 0.683. The fourth-order valence-corrected chi connectivity index (χ4v) is 3.33. The molecule has 0 unspecified atom stereocenters. The van der Waals surface area contributed by atoms with E-state index in [1.54, 1.807) is 6.92 Å². The van der Waals surface area contributed by atoms with Gasteiger partial charge in [0.1, 0.15) is 11.9 Å². The molecule has 10 heteroatoms. The first-order chi connectivity index (χ1) is 14.3. The summed E-state index contributed by atoms with van der Waals surface area (Å²) < 4.78 is 48.9. The first-order valence-electron chi connectivity index (χ1n) is 9.52. The van der Waals surface area contributed by atoms with E-state index in [-0.39, 0.29) is 30.9 Å². The van der Waals surface area contributed by atoms with Gasteiger partial charge in [-0.05, 0) is 37.6 Å². The van der Waals surface area contributed by atoms with Crippen LogP contribution >= 0.6 is 0 Å². The first-order valence-corrected chi connectivity index (χ1v) is 9.52. The van der Waals surface area contributed by atoms with Gasteiger partial charge in [0.15, 0.2) is 0 Å². The smallest absolute Gasteiger partial charge is 0.416 e. The number of ether oxygens (including phenoxy) is 2. The average Bonchev–Trinajstić information content (AvgIpc) is 3.10. The number of aromatic nitrogens is 2. The molecule has 1 aromatic heterocycles. The topological polar surface area (TPSA) is 84.8 Å². The van der Waals surface area contributed by atoms with E-state index in [9.17, 15) is 23.1 Å². The number of carbonyl (C=O) groups excluding carboxylic acids is 1. The van der Waals surface area contributed by atoms with Gasteiger partial charge in [-0.3, -0.25) is 0 Å². The van der Waals surface area contributed by atoms with Crippen LogP contribution in [0.5, 0.6) is 5.75 Å². The van der Waals surface area contributed by atoms with Crippen molar-refractivity contribution in [2.24, 2.45) is 0 Å². The molecule has 2 aromatic rings. The molecule has 1 N–H and O–H groups in total. The predicted octanol–water partition coefficient (Wildman–Crippen LogP) is 3.08. The Hall–Kier alpha value is -2.88. The minimum absolute atomic E-state index is 0.0466. The fraction of sp³-hybridized carbons (Fsp3) is 0.450. The van der Waals surface area contributed by atoms with Crippen molar-refractivity contribution in [2.75, 3.05) is 24.7 Å². The molecule has 1 fully saturated rings. The van der Waals surface area contributed by atoms with Crippen molar-refractivity contribution in [1.29, 1.82) is 0 Å². The maximum absolute atomic E-state index is 12.7. The van der Waals surface area contributed by atoms with E-state index in [2.05, 4.69) is 9.97 Å². The molecular weight excluding hydrogens is 403 g/mol. The van der Waals surface area contributed by atoms with Crippen LogP contribution < -0.4 is 9.64 Å². The molecule has 30 heavy (non-hydrogen) atoms. The second-order valence-corrected chi connectivity index (χ2v) is 6.81. The van der Waals surface area contributed by atoms with E-state index in [4.69, 9.17) is 9.47 Å². The number of aliphatic hydroxyl groups excluding tert-OH is 1. The maximum Gasteiger partial charge on any atom is 0.416 e. The van der Waals surface area contributed by atoms with Crippen LogP contribution in [0, 0.1) is 0 Å². The molecule has 2 heterocycles. The van der Waals surface area contributed by atoms with E-state index in [1.165, 1.54) is 24.5 Å². The molecule has 2 atom stereocenters. The summed E-state index contributed by atoms with van der Waals surface area (Å²) in [6.07, 6.45) is -0.963. The van der Waals surface area contributed by atoms with Gasteiger partial charge >= 0.3 is 12.1 Å². The summed E-state index contributed by atoms with van der Waals surface area (Å²) in [5.74, 6) is 0.192. The molecule has 0 aliphatic carbocycles. The summed E-state index contributed by atoms with van der Waals surface area (Å²) in [5, 5.41) is 9.37. The highest BCUT2D eigenvalue weighted by Crippen LogP contribution is 2.32. The van der Waals surface area contributed by atoms with Crippen molar-refractivity contribution < 1.29 is 32.5 Å². The molecule has 0 spiro atoms. The number of aliphatic hydroxyl groups is 1. The number of hydrogen-bond acceptors (Lipinski definition) is 7. The Morgan fingerprint density at radius 2 is 1.90 bits per heavy atom. The summed E-state index contributed by atoms with van der Waals surface area (Å²) >= 11 is 0. The van der Waals surface area contributed by atoms with E-state index in [1.807, 2.05) is 4.90 Å². The van der Waals surface area contributed by atoms with E-state index in [0.29, 0.717) is 31.1 Å². The number of rotatable bonds is 7. The Bertz CT molecular complexity index is 844. The minimum Gasteiger partial charge on any atom is -0.489 e. The third-order valence-corrected chi connectivity index (χ3v) is 4.73. The zero-order valence-electron chi connectivity index (χ0n) is 16.3. The number of anilines is 1. The second-order valence-electron chi connectivity index (χ2n) is 6.81. The SMILES string of the molecule is CCOC(=O)c1cnc(N2C[C@H](Oc3ccc(C(F)(F)F)cc3)C[C@H]2CCO)nc1. The number of halogens is 3. The standard InChI is InChI=1S/C20H22F3N3O4/c1-2-29-18(28)13-10-24-19(25-11-13)26-12-17(9-15(26)7-8-27)30-16-5-3-14(4-6-16)20(21,22)23/h3-6,10-11,15,17,27H,2,7-9,12H2,1H3/t15-,17-/m1/s1. The highest BCUT2D eigenvalue weighted by Gasteiger charge is 2.35. The van der Waals surface area contributed by atoms with Gasteiger partial charge in [0.05, 0.1) is 24.3 Å². The van der Waals surface area contributed by atoms with Gasteiger partial charge in [-0.25, -0.2) is 14.8 Å². The first kappa shape index (κ1) is 21.8. The molecule has 1 aliphatic heterocycles. The van der Waals surface area contributed by atoms with Crippen LogP contribution in [-0.2, 0) is 10.9 Å². The van der Waals surface area contributed by atoms with E-state index >= 15 is 0 Å². The summed E-state index contributed by atoms with van der Waals surface area (Å²) in [4.78, 5) is 22.1. The van der Waals surface area contributed by atoms with Gasteiger partial charge in [0.25, 0.3) is 0 Å². The molecule has 3 rings (SSSR count). The van der Waals surface area contributed by atoms with Crippen molar-refractivity contribution in [2.45, 2.75) is 38.1 Å². The second kappa shape index (κ2) is 9.29. The highest BCUT2D eigenvalue weighted by molar-refractivity contribution is 5.88. The Kier molecular flexibility index (Phi) is 6.76. The highest BCUT2D eigenvalue weighted by atomic mass is 19.4. The Labute approximate surface area is 171 Å². The lowest BCUT2D eigenvalue weighted by Crippen LogP contribution is -2.32. The number of esters is 1. The fourth-order valence-electron chi connectivity index (χ4n) is 3.33. The van der Waals surface area contributed by atoms with Crippen LogP contribution in [0.3, 0.4) is 0 Å². The van der Waals surface area contributed by atoms with Gasteiger partial charge in [0, 0.05) is 31.5 Å². The van der Waals surface area contributed by atoms with Gasteiger partial charge in [-0.2, -0.15) is 13.2 Å². The zero-order valence-corrected chi connectivity index (χ0v) is 16.3. The Balaban J connectivity index is 1.69. The third kappa shape index (κ3) is 5.18. The molecule has 1 saturated heterocycles. The van der Waals surface area contributed by atoms with E-state index < -0.39 is 17.7 Å². The predicted molar refractivity (Wildman–Crippen MR) is 101 cm³/mol. The molecule has 0 saturated carbocycles. The van der Waals surface area contributed by atoms with Crippen molar-refractivity contribution in [3.63, 3.8) is 0 Å². The summed E-state index contributed by atoms with van der Waals surface area (Å²) in [6.45, 7) is 2.29. The average molecular weight is 425 g/mol. The van der Waals surface area contributed by atoms with Crippen LogP contribution in [0.2, 0.25) is 0 Å². The lowest BCUT2D eigenvalue weighted by Gasteiger charge is -2.23. The molecule has 1 aliphatic rings. The van der Waals surface area contributed by atoms with Crippen LogP contribution in [0.1, 0.15) is 35.7 Å². The van der Waals surface area contributed by atoms with Crippen LogP contribution in [0.15, 0.2) is 36.7 Å².